The van der Waals surface area contributed by atoms with E-state index in [4.69, 9.17) is 27.6 Å². The second-order valence-electron chi connectivity index (χ2n) is 3.55. The maximum atomic E-state index is 13.5. The van der Waals surface area contributed by atoms with Crippen molar-refractivity contribution >= 4 is 43.2 Å². The van der Waals surface area contributed by atoms with E-state index in [1.165, 1.54) is 0 Å². The molecule has 0 aliphatic rings. The van der Waals surface area contributed by atoms with Crippen LogP contribution in [0.3, 0.4) is 0 Å². The van der Waals surface area contributed by atoms with Crippen LogP contribution in [-0.2, 0) is 20.0 Å². The van der Waals surface area contributed by atoms with Gasteiger partial charge in [0.25, 0.3) is 0 Å². The topological polar surface area (TPSA) is 146 Å². The van der Waals surface area contributed by atoms with E-state index < -0.39 is 52.2 Å². The fourth-order valence-corrected chi connectivity index (χ4v) is 2.92. The summed E-state index contributed by atoms with van der Waals surface area (Å²) in [4.78, 5) is -1.82. The summed E-state index contributed by atoms with van der Waals surface area (Å²) in [6.45, 7) is 0. The number of anilines is 1. The van der Waals surface area contributed by atoms with Crippen LogP contribution in [0.4, 0.5) is 14.5 Å². The molecule has 0 spiro atoms. The van der Waals surface area contributed by atoms with Crippen molar-refractivity contribution in [3.63, 3.8) is 0 Å². The highest BCUT2D eigenvalue weighted by Crippen LogP contribution is 2.33. The number of benzene rings is 1. The van der Waals surface area contributed by atoms with Gasteiger partial charge in [0, 0.05) is 5.56 Å². The molecule has 0 aromatic heterocycles. The van der Waals surface area contributed by atoms with Crippen molar-refractivity contribution in [2.24, 2.45) is 10.3 Å². The Balaban J connectivity index is 3.91. The molecule has 0 bridgehead atoms. The van der Waals surface area contributed by atoms with E-state index in [2.05, 4.69) is 0 Å². The molecule has 1 aromatic carbocycles. The first-order valence-corrected chi connectivity index (χ1v) is 8.03. The Kier molecular flexibility index (Phi) is 4.41. The summed E-state index contributed by atoms with van der Waals surface area (Å²) < 4.78 is 71.2. The molecule has 0 aliphatic heterocycles. The van der Waals surface area contributed by atoms with E-state index in [-0.39, 0.29) is 0 Å². The third kappa shape index (κ3) is 3.43. The minimum atomic E-state index is -4.59. The molecule has 6 N–H and O–H groups in total. The van der Waals surface area contributed by atoms with Crippen LogP contribution >= 0.6 is 11.6 Å². The lowest BCUT2D eigenvalue weighted by molar-refractivity contribution is 0.594. The zero-order valence-electron chi connectivity index (χ0n) is 9.47. The van der Waals surface area contributed by atoms with Crippen LogP contribution in [-0.4, -0.2) is 16.8 Å². The van der Waals surface area contributed by atoms with Gasteiger partial charge in [0.05, 0.1) is 10.6 Å². The van der Waals surface area contributed by atoms with Gasteiger partial charge < -0.3 is 5.73 Å². The molecule has 12 heteroatoms. The van der Waals surface area contributed by atoms with E-state index >= 15 is 0 Å². The molecule has 0 heterocycles. The Labute approximate surface area is 118 Å². The van der Waals surface area contributed by atoms with Gasteiger partial charge in [0.2, 0.25) is 25.3 Å². The number of halogens is 3. The number of nitrogens with two attached hydrogens (primary N) is 3. The molecular weight excluding hydrogens is 340 g/mol. The van der Waals surface area contributed by atoms with Crippen molar-refractivity contribution < 1.29 is 25.6 Å². The largest absolute Gasteiger partial charge is 0.398 e. The molecule has 20 heavy (non-hydrogen) atoms. The third-order valence-electron chi connectivity index (χ3n) is 2.13. The van der Waals surface area contributed by atoms with Crippen molar-refractivity contribution in [3.8, 4) is 0 Å². The lowest BCUT2D eigenvalue weighted by Crippen LogP contribution is -2.19. The van der Waals surface area contributed by atoms with E-state index in [1.54, 1.807) is 0 Å². The van der Waals surface area contributed by atoms with Crippen LogP contribution in [0, 0.1) is 0 Å². The van der Waals surface area contributed by atoms with Gasteiger partial charge in [-0.2, -0.15) is 4.39 Å². The van der Waals surface area contributed by atoms with Crippen LogP contribution in [0.1, 0.15) is 5.56 Å². The maximum absolute atomic E-state index is 13.5. The average molecular weight is 348 g/mol. The fraction of sp³-hybridized carbons (Fsp3) is 0. The van der Waals surface area contributed by atoms with Gasteiger partial charge in [-0.3, -0.25) is 0 Å². The molecule has 0 unspecified atom stereocenters. The first kappa shape index (κ1) is 16.8. The lowest BCUT2D eigenvalue weighted by atomic mass is 10.2. The summed E-state index contributed by atoms with van der Waals surface area (Å²) in [5, 5.41) is 7.76. The average Bonchev–Trinajstić information content (AvgIpc) is 2.23. The van der Waals surface area contributed by atoms with Gasteiger partial charge in [0.1, 0.15) is 4.90 Å². The van der Waals surface area contributed by atoms with Gasteiger partial charge in [-0.25, -0.2) is 31.5 Å². The zero-order chi connectivity index (χ0) is 15.9. The highest BCUT2D eigenvalue weighted by atomic mass is 35.5. The van der Waals surface area contributed by atoms with Crippen LogP contribution < -0.4 is 16.0 Å². The minimum absolute atomic E-state index is 0.425. The second-order valence-corrected chi connectivity index (χ2v) is 6.94. The van der Waals surface area contributed by atoms with Crippen LogP contribution in [0.5, 0.6) is 0 Å². The predicted octanol–water partition coefficient (Wildman–Crippen LogP) is 0.368. The number of rotatable bonds is 3. The van der Waals surface area contributed by atoms with Crippen LogP contribution in [0.15, 0.2) is 27.2 Å². The second kappa shape index (κ2) is 5.26. The summed E-state index contributed by atoms with van der Waals surface area (Å²) >= 11 is 4.79. The molecule has 1 aromatic rings. The van der Waals surface area contributed by atoms with Gasteiger partial charge >= 0.3 is 0 Å². The Morgan fingerprint density at radius 2 is 1.45 bits per heavy atom. The van der Waals surface area contributed by atoms with Crippen molar-refractivity contribution in [2.45, 2.75) is 9.79 Å². The SMILES string of the molecule is Nc1cc(C(F)=C(F)Cl)c(S(N)(=O)=O)cc1S(N)(=O)=O. The molecule has 0 saturated heterocycles. The number of hydrogen-bond acceptors (Lipinski definition) is 5. The van der Waals surface area contributed by atoms with Gasteiger partial charge in [-0.1, -0.05) is 0 Å². The number of hydrogen-bond donors (Lipinski definition) is 3. The molecule has 0 aliphatic carbocycles. The number of sulfonamides is 2. The molecule has 0 radical (unpaired) electrons. The molecule has 112 valence electrons. The van der Waals surface area contributed by atoms with E-state index in [0.29, 0.717) is 12.1 Å². The Bertz CT molecular complexity index is 801. The fourth-order valence-electron chi connectivity index (χ4n) is 1.33. The first-order chi connectivity index (χ1) is 8.85. The van der Waals surface area contributed by atoms with Gasteiger partial charge in [0.15, 0.2) is 5.83 Å². The van der Waals surface area contributed by atoms with Gasteiger partial charge in [-0.05, 0) is 23.7 Å². The molecule has 7 nitrogen and oxygen atoms in total. The Morgan fingerprint density at radius 3 is 1.80 bits per heavy atom. The van der Waals surface area contributed by atoms with Crippen molar-refractivity contribution in [2.75, 3.05) is 5.73 Å². The van der Waals surface area contributed by atoms with Crippen molar-refractivity contribution in [3.05, 3.63) is 23.0 Å². The molecular formula is C8H8ClF2N3O4S2. The zero-order valence-corrected chi connectivity index (χ0v) is 11.9. The van der Waals surface area contributed by atoms with Crippen LogP contribution in [0.25, 0.3) is 5.83 Å². The van der Waals surface area contributed by atoms with E-state index in [1.807, 2.05) is 0 Å². The highest BCUT2D eigenvalue weighted by Gasteiger charge is 2.25. The number of nitrogen functional groups attached to an aromatic ring is 1. The monoisotopic (exact) mass is 347 g/mol. The van der Waals surface area contributed by atoms with Crippen LogP contribution in [0.2, 0.25) is 0 Å². The van der Waals surface area contributed by atoms with E-state index in [0.717, 1.165) is 0 Å². The Hall–Kier alpha value is -1.27. The summed E-state index contributed by atoms with van der Waals surface area (Å²) in [5.41, 5.74) is 3.80. The maximum Gasteiger partial charge on any atom is 0.240 e. The quantitative estimate of drug-likeness (QED) is 0.676. The molecule has 1 rings (SSSR count). The summed E-state index contributed by atoms with van der Waals surface area (Å²) in [5.74, 6) is -1.76. The first-order valence-electron chi connectivity index (χ1n) is 4.56. The predicted molar refractivity (Wildman–Crippen MR) is 68.6 cm³/mol. The third-order valence-corrected chi connectivity index (χ3v) is 4.21. The molecule has 0 atom stereocenters. The highest BCUT2D eigenvalue weighted by molar-refractivity contribution is 7.90. The van der Waals surface area contributed by atoms with Crippen molar-refractivity contribution in [1.82, 2.24) is 0 Å². The molecule has 0 saturated carbocycles. The van der Waals surface area contributed by atoms with Crippen molar-refractivity contribution in [1.29, 1.82) is 0 Å². The summed E-state index contributed by atoms with van der Waals surface area (Å²) in [7, 11) is -8.98. The normalized spacial score (nSPS) is 14.1. The smallest absolute Gasteiger partial charge is 0.240 e. The van der Waals surface area contributed by atoms with E-state index in [9.17, 15) is 25.6 Å². The lowest BCUT2D eigenvalue weighted by Gasteiger charge is -2.10. The minimum Gasteiger partial charge on any atom is -0.398 e. The summed E-state index contributed by atoms with van der Waals surface area (Å²) in [6, 6.07) is 0.978. The molecule has 0 amide bonds. The number of primary sulfonamides is 2. The summed E-state index contributed by atoms with van der Waals surface area (Å²) in [6.07, 6.45) is 0. The van der Waals surface area contributed by atoms with Gasteiger partial charge in [-0.15, -0.1) is 0 Å². The standard InChI is InChI=1S/C8H8ClF2N3O4S2/c9-8(11)7(10)3-1-4(12)6(20(14,17)18)2-5(3)19(13,15)16/h1-2H,12H2,(H2,13,15,16)(H2,14,17,18). The Morgan fingerprint density at radius 1 is 1.00 bits per heavy atom. The molecule has 0 fully saturated rings.